The molecule has 0 aliphatic heterocycles. The molecule has 0 aliphatic rings. The highest BCUT2D eigenvalue weighted by Gasteiger charge is 2.08. The fraction of sp³-hybridized carbons (Fsp3) is 0.636. The van der Waals surface area contributed by atoms with Crippen LogP contribution in [0.15, 0.2) is 5.38 Å². The van der Waals surface area contributed by atoms with Crippen molar-refractivity contribution in [1.29, 1.82) is 0 Å². The molecule has 3 nitrogen and oxygen atoms in total. The molecule has 1 rings (SSSR count). The van der Waals surface area contributed by atoms with Crippen LogP contribution < -0.4 is 0 Å². The highest BCUT2D eigenvalue weighted by atomic mass is 32.1. The number of thiazole rings is 1. The summed E-state index contributed by atoms with van der Waals surface area (Å²) in [6.07, 6.45) is 1.11. The lowest BCUT2D eigenvalue weighted by Crippen LogP contribution is -2.05. The minimum Gasteiger partial charge on any atom is -0.466 e. The van der Waals surface area contributed by atoms with Crippen molar-refractivity contribution in [3.63, 3.8) is 0 Å². The molecule has 0 aromatic carbocycles. The SMILES string of the molecule is CCOC(=O)CCc1csc(C(C)C)n1. The smallest absolute Gasteiger partial charge is 0.306 e. The van der Waals surface area contributed by atoms with E-state index in [0.717, 1.165) is 10.7 Å². The standard InChI is InChI=1S/C11H17NO2S/c1-4-14-10(13)6-5-9-7-15-11(12-9)8(2)3/h7-8H,4-6H2,1-3H3. The Morgan fingerprint density at radius 2 is 2.33 bits per heavy atom. The van der Waals surface area contributed by atoms with Gasteiger partial charge in [-0.15, -0.1) is 11.3 Å². The van der Waals surface area contributed by atoms with Crippen LogP contribution in [0.4, 0.5) is 0 Å². The minimum absolute atomic E-state index is 0.142. The molecule has 0 atom stereocenters. The number of ether oxygens (including phenoxy) is 1. The van der Waals surface area contributed by atoms with E-state index in [1.165, 1.54) is 0 Å². The summed E-state index contributed by atoms with van der Waals surface area (Å²) < 4.78 is 4.85. The summed E-state index contributed by atoms with van der Waals surface area (Å²) in [6.45, 7) is 6.51. The Morgan fingerprint density at radius 3 is 2.87 bits per heavy atom. The lowest BCUT2D eigenvalue weighted by molar-refractivity contribution is -0.143. The van der Waals surface area contributed by atoms with Gasteiger partial charge in [-0.1, -0.05) is 13.8 Å². The second kappa shape index (κ2) is 5.85. The third-order valence-electron chi connectivity index (χ3n) is 1.95. The van der Waals surface area contributed by atoms with E-state index < -0.39 is 0 Å². The number of carbonyl (C=O) groups excluding carboxylic acids is 1. The fourth-order valence-electron chi connectivity index (χ4n) is 1.17. The zero-order valence-corrected chi connectivity index (χ0v) is 10.3. The van der Waals surface area contributed by atoms with Crippen LogP contribution >= 0.6 is 11.3 Å². The number of hydrogen-bond donors (Lipinski definition) is 0. The van der Waals surface area contributed by atoms with Crippen LogP contribution in [0, 0.1) is 0 Å². The molecule has 0 fully saturated rings. The van der Waals surface area contributed by atoms with E-state index in [0.29, 0.717) is 25.4 Å². The van der Waals surface area contributed by atoms with Crippen LogP contribution in [0.1, 0.15) is 43.8 Å². The van der Waals surface area contributed by atoms with Crippen LogP contribution in [0.5, 0.6) is 0 Å². The monoisotopic (exact) mass is 227 g/mol. The number of esters is 1. The number of carbonyl (C=O) groups is 1. The van der Waals surface area contributed by atoms with E-state index in [2.05, 4.69) is 18.8 Å². The van der Waals surface area contributed by atoms with E-state index in [1.54, 1.807) is 11.3 Å². The van der Waals surface area contributed by atoms with E-state index in [-0.39, 0.29) is 5.97 Å². The summed E-state index contributed by atoms with van der Waals surface area (Å²) in [5, 5.41) is 3.16. The number of aryl methyl sites for hydroxylation is 1. The Bertz CT molecular complexity index is 320. The van der Waals surface area contributed by atoms with Gasteiger partial charge in [-0.05, 0) is 6.92 Å². The van der Waals surface area contributed by atoms with Gasteiger partial charge in [-0.3, -0.25) is 4.79 Å². The van der Waals surface area contributed by atoms with Crippen molar-refractivity contribution < 1.29 is 9.53 Å². The maximum Gasteiger partial charge on any atom is 0.306 e. The van der Waals surface area contributed by atoms with Gasteiger partial charge in [0.05, 0.1) is 23.7 Å². The van der Waals surface area contributed by atoms with Gasteiger partial charge in [-0.2, -0.15) is 0 Å². The molecule has 0 unspecified atom stereocenters. The molecule has 0 bridgehead atoms. The molecule has 0 radical (unpaired) electrons. The Morgan fingerprint density at radius 1 is 1.60 bits per heavy atom. The molecule has 15 heavy (non-hydrogen) atoms. The number of aromatic nitrogens is 1. The Balaban J connectivity index is 2.41. The largest absolute Gasteiger partial charge is 0.466 e. The zero-order valence-electron chi connectivity index (χ0n) is 9.45. The maximum absolute atomic E-state index is 11.1. The van der Waals surface area contributed by atoms with Crippen molar-refractivity contribution in [1.82, 2.24) is 4.98 Å². The van der Waals surface area contributed by atoms with Gasteiger partial charge in [-0.25, -0.2) is 4.98 Å². The second-order valence-electron chi connectivity index (χ2n) is 3.64. The molecule has 0 saturated heterocycles. The van der Waals surface area contributed by atoms with Crippen molar-refractivity contribution in [3.8, 4) is 0 Å². The first-order chi connectivity index (χ1) is 7.13. The highest BCUT2D eigenvalue weighted by molar-refractivity contribution is 7.09. The third-order valence-corrected chi connectivity index (χ3v) is 3.15. The number of hydrogen-bond acceptors (Lipinski definition) is 4. The van der Waals surface area contributed by atoms with Crippen molar-refractivity contribution in [2.75, 3.05) is 6.61 Å². The van der Waals surface area contributed by atoms with Crippen LogP contribution in [-0.4, -0.2) is 17.6 Å². The summed E-state index contributed by atoms with van der Waals surface area (Å²) in [6, 6.07) is 0. The molecule has 0 spiro atoms. The third kappa shape index (κ3) is 4.00. The first-order valence-corrected chi connectivity index (χ1v) is 6.11. The summed E-state index contributed by atoms with van der Waals surface area (Å²) in [7, 11) is 0. The van der Waals surface area contributed by atoms with Crippen molar-refractivity contribution in [2.45, 2.75) is 39.5 Å². The fourth-order valence-corrected chi connectivity index (χ4v) is 2.04. The zero-order chi connectivity index (χ0) is 11.3. The van der Waals surface area contributed by atoms with Crippen molar-refractivity contribution in [2.24, 2.45) is 0 Å². The van der Waals surface area contributed by atoms with Crippen LogP contribution in [0.25, 0.3) is 0 Å². The number of nitrogens with zero attached hydrogens (tertiary/aromatic N) is 1. The van der Waals surface area contributed by atoms with Gasteiger partial charge < -0.3 is 4.74 Å². The summed E-state index contributed by atoms with van der Waals surface area (Å²) >= 11 is 1.66. The molecule has 1 heterocycles. The van der Waals surface area contributed by atoms with Gasteiger partial charge in [0.2, 0.25) is 0 Å². The normalized spacial score (nSPS) is 10.7. The Kier molecular flexibility index (Phi) is 4.75. The van der Waals surface area contributed by atoms with Gasteiger partial charge in [0, 0.05) is 17.7 Å². The average molecular weight is 227 g/mol. The highest BCUT2D eigenvalue weighted by Crippen LogP contribution is 2.19. The van der Waals surface area contributed by atoms with Crippen LogP contribution in [-0.2, 0) is 16.0 Å². The van der Waals surface area contributed by atoms with E-state index >= 15 is 0 Å². The summed E-state index contributed by atoms with van der Waals surface area (Å²) in [5.74, 6) is 0.322. The molecule has 0 aliphatic carbocycles. The predicted octanol–water partition coefficient (Wildman–Crippen LogP) is 2.76. The van der Waals surface area contributed by atoms with Crippen molar-refractivity contribution in [3.05, 3.63) is 16.1 Å². The van der Waals surface area contributed by atoms with Crippen LogP contribution in [0.2, 0.25) is 0 Å². The predicted molar refractivity (Wildman–Crippen MR) is 61.2 cm³/mol. The molecule has 1 aromatic rings. The van der Waals surface area contributed by atoms with Crippen molar-refractivity contribution >= 4 is 17.3 Å². The molecular weight excluding hydrogens is 210 g/mol. The maximum atomic E-state index is 11.1. The molecule has 1 aromatic heterocycles. The first-order valence-electron chi connectivity index (χ1n) is 5.23. The quantitative estimate of drug-likeness (QED) is 0.726. The van der Waals surface area contributed by atoms with Gasteiger partial charge in [0.25, 0.3) is 0 Å². The molecule has 0 N–H and O–H groups in total. The molecular formula is C11H17NO2S. The number of rotatable bonds is 5. The van der Waals surface area contributed by atoms with Gasteiger partial charge in [0.15, 0.2) is 0 Å². The summed E-state index contributed by atoms with van der Waals surface area (Å²) in [5.41, 5.74) is 0.997. The van der Waals surface area contributed by atoms with Crippen LogP contribution in [0.3, 0.4) is 0 Å². The van der Waals surface area contributed by atoms with E-state index in [1.807, 2.05) is 12.3 Å². The van der Waals surface area contributed by atoms with Gasteiger partial charge in [0.1, 0.15) is 0 Å². The van der Waals surface area contributed by atoms with E-state index in [9.17, 15) is 4.79 Å². The topological polar surface area (TPSA) is 39.2 Å². The Labute approximate surface area is 94.5 Å². The first kappa shape index (κ1) is 12.2. The minimum atomic E-state index is -0.142. The van der Waals surface area contributed by atoms with E-state index in [4.69, 9.17) is 4.74 Å². The average Bonchev–Trinajstić information content (AvgIpc) is 2.63. The van der Waals surface area contributed by atoms with Gasteiger partial charge >= 0.3 is 5.97 Å². The second-order valence-corrected chi connectivity index (χ2v) is 4.53. The lowest BCUT2D eigenvalue weighted by atomic mass is 10.2. The lowest BCUT2D eigenvalue weighted by Gasteiger charge is -1.99. The summed E-state index contributed by atoms with van der Waals surface area (Å²) in [4.78, 5) is 15.6. The molecule has 0 amide bonds. The molecule has 4 heteroatoms. The molecule has 0 saturated carbocycles. The Hall–Kier alpha value is -0.900. The molecule has 84 valence electrons.